The molecule has 1 aliphatic heterocycles. The fourth-order valence-corrected chi connectivity index (χ4v) is 4.60. The van der Waals surface area contributed by atoms with Crippen LogP contribution in [0.5, 0.6) is 0 Å². The monoisotopic (exact) mass is 306 g/mol. The average molecular weight is 307 g/mol. The van der Waals surface area contributed by atoms with Crippen molar-refractivity contribution in [3.63, 3.8) is 0 Å². The zero-order valence-corrected chi connectivity index (χ0v) is 13.0. The Labute approximate surface area is 119 Å². The molecule has 0 unspecified atom stereocenters. The number of rotatable bonds is 3. The minimum absolute atomic E-state index is 0.144. The zero-order chi connectivity index (χ0) is 14.2. The third-order valence-corrected chi connectivity index (χ3v) is 5.88. The molecule has 0 radical (unpaired) electrons. The fraction of sp³-hybridized carbons (Fsp3) is 0.667. The maximum absolute atomic E-state index is 12.7. The van der Waals surface area contributed by atoms with Gasteiger partial charge < -0.3 is 9.32 Å². The van der Waals surface area contributed by atoms with Crippen LogP contribution in [0.25, 0.3) is 0 Å². The standard InChI is InChI=1S/C12H19ClN2O3S/c1-9-11(8-13)12(10(2)18-9)19(16,17)15-6-4-14(3)5-7-15/h4-8H2,1-3H3. The van der Waals surface area contributed by atoms with E-state index in [0.717, 1.165) is 13.1 Å². The van der Waals surface area contributed by atoms with Crippen LogP contribution in [0.15, 0.2) is 9.31 Å². The smallest absolute Gasteiger partial charge is 0.246 e. The highest BCUT2D eigenvalue weighted by Crippen LogP contribution is 2.30. The summed E-state index contributed by atoms with van der Waals surface area (Å²) in [7, 11) is -1.52. The largest absolute Gasteiger partial charge is 0.465 e. The summed E-state index contributed by atoms with van der Waals surface area (Å²) in [6.07, 6.45) is 0. The molecule has 7 heteroatoms. The number of furan rings is 1. The Kier molecular flexibility index (Phi) is 4.25. The van der Waals surface area contributed by atoms with Crippen molar-refractivity contribution in [2.75, 3.05) is 33.2 Å². The van der Waals surface area contributed by atoms with Crippen molar-refractivity contribution in [3.8, 4) is 0 Å². The summed E-state index contributed by atoms with van der Waals surface area (Å²) in [6.45, 7) is 5.91. The summed E-state index contributed by atoms with van der Waals surface area (Å²) in [5.41, 5.74) is 0.582. The molecule has 1 saturated heterocycles. The summed E-state index contributed by atoms with van der Waals surface area (Å²) in [5.74, 6) is 1.15. The second kappa shape index (κ2) is 5.44. The molecule has 0 spiro atoms. The Hall–Kier alpha value is -0.560. The van der Waals surface area contributed by atoms with Gasteiger partial charge >= 0.3 is 0 Å². The molecular weight excluding hydrogens is 288 g/mol. The third kappa shape index (κ3) is 2.67. The number of sulfonamides is 1. The van der Waals surface area contributed by atoms with Gasteiger partial charge in [0.15, 0.2) is 0 Å². The van der Waals surface area contributed by atoms with E-state index in [1.54, 1.807) is 13.8 Å². The molecule has 0 aromatic carbocycles. The van der Waals surface area contributed by atoms with E-state index in [1.807, 2.05) is 7.05 Å². The summed E-state index contributed by atoms with van der Waals surface area (Å²) in [5, 5.41) is 0. The van der Waals surface area contributed by atoms with Crippen LogP contribution >= 0.6 is 11.6 Å². The van der Waals surface area contributed by atoms with E-state index in [9.17, 15) is 8.42 Å². The van der Waals surface area contributed by atoms with Crippen LogP contribution < -0.4 is 0 Å². The highest BCUT2D eigenvalue weighted by molar-refractivity contribution is 7.89. The van der Waals surface area contributed by atoms with Crippen LogP contribution in [-0.4, -0.2) is 50.8 Å². The maximum atomic E-state index is 12.7. The van der Waals surface area contributed by atoms with Gasteiger partial charge in [0.25, 0.3) is 0 Å². The van der Waals surface area contributed by atoms with Crippen molar-refractivity contribution < 1.29 is 12.8 Å². The fourth-order valence-electron chi connectivity index (χ4n) is 2.36. The minimum Gasteiger partial charge on any atom is -0.465 e. The van der Waals surface area contributed by atoms with Crippen molar-refractivity contribution in [3.05, 3.63) is 17.1 Å². The van der Waals surface area contributed by atoms with Crippen LogP contribution in [0.4, 0.5) is 0 Å². The third-order valence-electron chi connectivity index (χ3n) is 3.52. The normalized spacial score (nSPS) is 18.9. The first-order valence-electron chi connectivity index (χ1n) is 6.21. The van der Waals surface area contributed by atoms with Gasteiger partial charge in [-0.2, -0.15) is 4.31 Å². The number of likely N-dealkylation sites (N-methyl/N-ethyl adjacent to an activating group) is 1. The molecule has 0 N–H and O–H groups in total. The molecular formula is C12H19ClN2O3S. The lowest BCUT2D eigenvalue weighted by Crippen LogP contribution is -2.47. The summed E-state index contributed by atoms with van der Waals surface area (Å²) in [4.78, 5) is 2.37. The van der Waals surface area contributed by atoms with Crippen LogP contribution in [-0.2, 0) is 15.9 Å². The Bertz CT molecular complexity index is 560. The number of alkyl halides is 1. The van der Waals surface area contributed by atoms with Crippen molar-refractivity contribution >= 4 is 21.6 Å². The molecule has 0 atom stereocenters. The van der Waals surface area contributed by atoms with Gasteiger partial charge in [-0.25, -0.2) is 8.42 Å². The molecule has 0 saturated carbocycles. The predicted octanol–water partition coefficient (Wildman–Crippen LogP) is 1.57. The van der Waals surface area contributed by atoms with Gasteiger partial charge in [-0.15, -0.1) is 11.6 Å². The van der Waals surface area contributed by atoms with E-state index in [4.69, 9.17) is 16.0 Å². The van der Waals surface area contributed by atoms with Crippen LogP contribution in [0, 0.1) is 13.8 Å². The van der Waals surface area contributed by atoms with Gasteiger partial charge in [-0.3, -0.25) is 0 Å². The highest BCUT2D eigenvalue weighted by Gasteiger charge is 2.33. The topological polar surface area (TPSA) is 53.8 Å². The molecule has 0 bridgehead atoms. The van der Waals surface area contributed by atoms with E-state index in [-0.39, 0.29) is 10.8 Å². The van der Waals surface area contributed by atoms with E-state index in [1.165, 1.54) is 4.31 Å². The quantitative estimate of drug-likeness (QED) is 0.796. The molecule has 0 amide bonds. The maximum Gasteiger partial charge on any atom is 0.246 e. The molecule has 19 heavy (non-hydrogen) atoms. The van der Waals surface area contributed by atoms with E-state index in [2.05, 4.69) is 4.90 Å². The summed E-state index contributed by atoms with van der Waals surface area (Å²) in [6, 6.07) is 0. The Balaban J connectivity index is 2.40. The second-order valence-corrected chi connectivity index (χ2v) is 7.01. The molecule has 108 valence electrons. The number of nitrogens with zero attached hydrogens (tertiary/aromatic N) is 2. The number of aryl methyl sites for hydroxylation is 2. The van der Waals surface area contributed by atoms with Crippen molar-refractivity contribution in [1.82, 2.24) is 9.21 Å². The lowest BCUT2D eigenvalue weighted by molar-refractivity contribution is 0.222. The van der Waals surface area contributed by atoms with Gasteiger partial charge in [0.05, 0.1) is 5.88 Å². The first-order valence-corrected chi connectivity index (χ1v) is 8.19. The molecule has 1 fully saturated rings. The lowest BCUT2D eigenvalue weighted by Gasteiger charge is -2.31. The van der Waals surface area contributed by atoms with Gasteiger partial charge in [-0.1, -0.05) is 0 Å². The second-order valence-electron chi connectivity index (χ2n) is 4.86. The first-order chi connectivity index (χ1) is 8.87. The molecule has 2 rings (SSSR count). The minimum atomic E-state index is -3.51. The first kappa shape index (κ1) is 14.8. The van der Waals surface area contributed by atoms with Gasteiger partial charge in [-0.05, 0) is 20.9 Å². The van der Waals surface area contributed by atoms with Crippen molar-refractivity contribution in [2.24, 2.45) is 0 Å². The van der Waals surface area contributed by atoms with Gasteiger partial charge in [0.1, 0.15) is 16.4 Å². The highest BCUT2D eigenvalue weighted by atomic mass is 35.5. The van der Waals surface area contributed by atoms with Crippen LogP contribution in [0.3, 0.4) is 0 Å². The van der Waals surface area contributed by atoms with E-state index in [0.29, 0.717) is 30.2 Å². The van der Waals surface area contributed by atoms with Crippen LogP contribution in [0.1, 0.15) is 17.1 Å². The van der Waals surface area contributed by atoms with E-state index >= 15 is 0 Å². The molecule has 5 nitrogen and oxygen atoms in total. The average Bonchev–Trinajstić information content (AvgIpc) is 2.64. The number of piperazine rings is 1. The summed E-state index contributed by atoms with van der Waals surface area (Å²) >= 11 is 5.87. The molecule has 1 aromatic heterocycles. The van der Waals surface area contributed by atoms with Gasteiger partial charge in [0, 0.05) is 31.7 Å². The molecule has 1 aliphatic rings. The molecule has 0 aliphatic carbocycles. The zero-order valence-electron chi connectivity index (χ0n) is 11.4. The molecule has 2 heterocycles. The number of halogens is 1. The predicted molar refractivity (Wildman–Crippen MR) is 74.0 cm³/mol. The SMILES string of the molecule is Cc1oc(C)c(S(=O)(=O)N2CCN(C)CC2)c1CCl. The summed E-state index contributed by atoms with van der Waals surface area (Å²) < 4.78 is 32.3. The van der Waals surface area contributed by atoms with E-state index < -0.39 is 10.0 Å². The van der Waals surface area contributed by atoms with Crippen LogP contribution in [0.2, 0.25) is 0 Å². The van der Waals surface area contributed by atoms with Crippen molar-refractivity contribution in [2.45, 2.75) is 24.6 Å². The number of hydrogen-bond donors (Lipinski definition) is 0. The van der Waals surface area contributed by atoms with Gasteiger partial charge in [0.2, 0.25) is 10.0 Å². The Morgan fingerprint density at radius 2 is 1.74 bits per heavy atom. The van der Waals surface area contributed by atoms with Crippen molar-refractivity contribution in [1.29, 1.82) is 0 Å². The Morgan fingerprint density at radius 3 is 2.26 bits per heavy atom. The number of hydrogen-bond acceptors (Lipinski definition) is 4. The molecule has 1 aromatic rings. The lowest BCUT2D eigenvalue weighted by atomic mass is 10.3. The Morgan fingerprint density at radius 1 is 1.16 bits per heavy atom.